The Bertz CT molecular complexity index is 579. The molecule has 0 saturated heterocycles. The molecule has 1 atom stereocenters. The molecule has 148 valence electrons. The molecule has 1 unspecified atom stereocenters. The molecule has 0 amide bonds. The third-order valence-electron chi connectivity index (χ3n) is 4.15. The average molecular weight is 373 g/mol. The van der Waals surface area contributed by atoms with Crippen LogP contribution in [0.3, 0.4) is 0 Å². The van der Waals surface area contributed by atoms with E-state index >= 15 is 0 Å². The van der Waals surface area contributed by atoms with Gasteiger partial charge in [0.1, 0.15) is 11.5 Å². The molecule has 1 aromatic carbocycles. The van der Waals surface area contributed by atoms with Crippen LogP contribution in [-0.2, 0) is 6.54 Å². The van der Waals surface area contributed by atoms with Crippen LogP contribution in [0.2, 0.25) is 0 Å². The number of hydrogen-bond acceptors (Lipinski definition) is 4. The summed E-state index contributed by atoms with van der Waals surface area (Å²) < 4.78 is 34.9. The Hall–Kier alpha value is -2.09. The van der Waals surface area contributed by atoms with Gasteiger partial charge >= 0.3 is 6.61 Å². The van der Waals surface area contributed by atoms with Gasteiger partial charge in [-0.2, -0.15) is 8.78 Å². The number of benzene rings is 1. The summed E-state index contributed by atoms with van der Waals surface area (Å²) in [4.78, 5) is 4.43. The highest BCUT2D eigenvalue weighted by Gasteiger charge is 2.21. The largest absolute Gasteiger partial charge is 0.497 e. The van der Waals surface area contributed by atoms with Crippen molar-refractivity contribution in [2.24, 2.45) is 10.4 Å². The molecule has 0 saturated carbocycles. The molecule has 1 aromatic rings. The second-order valence-corrected chi connectivity index (χ2v) is 6.22. The molecule has 0 bridgehead atoms. The van der Waals surface area contributed by atoms with Crippen molar-refractivity contribution in [3.8, 4) is 11.5 Å². The molecule has 0 aliphatic carbocycles. The Morgan fingerprint density at radius 2 is 2.04 bits per heavy atom. The molecule has 8 heteroatoms. The standard InChI is InChI=1S/C18H29F2N3O3/c1-5-18(3,12-24)11-23-17(21-6-2)22-10-13-9-14(25-4)7-8-15(13)26-16(19)20/h7-9,16,24H,5-6,10-12H2,1-4H3,(H2,21,22,23). The van der Waals surface area contributed by atoms with Crippen molar-refractivity contribution >= 4 is 5.96 Å². The van der Waals surface area contributed by atoms with Crippen molar-refractivity contribution in [1.29, 1.82) is 0 Å². The highest BCUT2D eigenvalue weighted by molar-refractivity contribution is 5.79. The Labute approximate surface area is 153 Å². The van der Waals surface area contributed by atoms with Crippen LogP contribution >= 0.6 is 0 Å². The van der Waals surface area contributed by atoms with Crippen molar-refractivity contribution in [1.82, 2.24) is 10.6 Å². The Balaban J connectivity index is 2.94. The third-order valence-corrected chi connectivity index (χ3v) is 4.15. The van der Waals surface area contributed by atoms with Gasteiger partial charge in [-0.05, 0) is 31.5 Å². The molecule has 0 fully saturated rings. The van der Waals surface area contributed by atoms with E-state index in [0.717, 1.165) is 6.42 Å². The molecule has 0 spiro atoms. The highest BCUT2D eigenvalue weighted by Crippen LogP contribution is 2.26. The van der Waals surface area contributed by atoms with E-state index in [1.165, 1.54) is 13.2 Å². The third kappa shape index (κ3) is 7.03. The van der Waals surface area contributed by atoms with E-state index in [4.69, 9.17) is 4.74 Å². The zero-order valence-corrected chi connectivity index (χ0v) is 15.8. The quantitative estimate of drug-likeness (QED) is 0.434. The first kappa shape index (κ1) is 22.0. The van der Waals surface area contributed by atoms with Gasteiger partial charge in [-0.15, -0.1) is 0 Å². The molecule has 0 aliphatic rings. The van der Waals surface area contributed by atoms with Crippen LogP contribution in [0.1, 0.15) is 32.8 Å². The SMILES string of the molecule is CCNC(=NCc1cc(OC)ccc1OC(F)F)NCC(C)(CC)CO. The van der Waals surface area contributed by atoms with E-state index < -0.39 is 6.61 Å². The number of methoxy groups -OCH3 is 1. The van der Waals surface area contributed by atoms with Gasteiger partial charge in [0.05, 0.1) is 20.3 Å². The van der Waals surface area contributed by atoms with Crippen LogP contribution < -0.4 is 20.1 Å². The molecule has 0 aromatic heterocycles. The number of alkyl halides is 2. The summed E-state index contributed by atoms with van der Waals surface area (Å²) in [6.45, 7) is 4.36. The summed E-state index contributed by atoms with van der Waals surface area (Å²) in [7, 11) is 1.50. The summed E-state index contributed by atoms with van der Waals surface area (Å²) in [6, 6.07) is 4.62. The molecule has 3 N–H and O–H groups in total. The lowest BCUT2D eigenvalue weighted by molar-refractivity contribution is -0.0504. The van der Waals surface area contributed by atoms with E-state index in [2.05, 4.69) is 20.4 Å². The molecule has 0 heterocycles. The number of nitrogens with one attached hydrogen (secondary N) is 2. The van der Waals surface area contributed by atoms with E-state index in [9.17, 15) is 13.9 Å². The van der Waals surface area contributed by atoms with E-state index in [1.807, 2.05) is 20.8 Å². The Morgan fingerprint density at radius 3 is 2.58 bits per heavy atom. The minimum atomic E-state index is -2.91. The van der Waals surface area contributed by atoms with Crippen LogP contribution in [0.4, 0.5) is 8.78 Å². The van der Waals surface area contributed by atoms with Gasteiger partial charge in [-0.1, -0.05) is 13.8 Å². The predicted octanol–water partition coefficient (Wildman–Crippen LogP) is 2.76. The molecular weight excluding hydrogens is 344 g/mol. The van der Waals surface area contributed by atoms with Gasteiger partial charge in [0.15, 0.2) is 5.96 Å². The second-order valence-electron chi connectivity index (χ2n) is 6.22. The monoisotopic (exact) mass is 373 g/mol. The summed E-state index contributed by atoms with van der Waals surface area (Å²) in [6.07, 6.45) is 0.804. The Kier molecular flexibility index (Phi) is 9.12. The smallest absolute Gasteiger partial charge is 0.387 e. The zero-order valence-electron chi connectivity index (χ0n) is 15.8. The number of halogens is 2. The molecule has 26 heavy (non-hydrogen) atoms. The number of hydrogen-bond donors (Lipinski definition) is 3. The van der Waals surface area contributed by atoms with E-state index in [-0.39, 0.29) is 24.3 Å². The lowest BCUT2D eigenvalue weighted by atomic mass is 9.89. The van der Waals surface area contributed by atoms with Gasteiger partial charge in [-0.3, -0.25) is 0 Å². The lowest BCUT2D eigenvalue weighted by Crippen LogP contribution is -2.43. The van der Waals surface area contributed by atoms with E-state index in [1.54, 1.807) is 12.1 Å². The number of guanidine groups is 1. The number of aliphatic hydroxyl groups is 1. The summed E-state index contributed by atoms with van der Waals surface area (Å²) in [5, 5.41) is 15.8. The first-order valence-corrected chi connectivity index (χ1v) is 8.62. The molecule has 0 radical (unpaired) electrons. The molecular formula is C18H29F2N3O3. The van der Waals surface area contributed by atoms with Crippen molar-refractivity contribution in [3.05, 3.63) is 23.8 Å². The van der Waals surface area contributed by atoms with Crippen LogP contribution in [0.15, 0.2) is 23.2 Å². The fourth-order valence-corrected chi connectivity index (χ4v) is 2.11. The maximum atomic E-state index is 12.6. The first-order valence-electron chi connectivity index (χ1n) is 8.62. The Morgan fingerprint density at radius 1 is 1.31 bits per heavy atom. The number of aliphatic hydroxyl groups excluding tert-OH is 1. The van der Waals surface area contributed by atoms with Gasteiger partial charge < -0.3 is 25.2 Å². The number of nitrogens with zero attached hydrogens (tertiary/aromatic N) is 1. The normalized spacial score (nSPS) is 14.1. The number of aliphatic imine (C=N–C) groups is 1. The van der Waals surface area contributed by atoms with E-state index in [0.29, 0.717) is 30.4 Å². The first-order chi connectivity index (χ1) is 12.4. The summed E-state index contributed by atoms with van der Waals surface area (Å²) in [5.74, 6) is 1.13. The van der Waals surface area contributed by atoms with Crippen LogP contribution in [0.25, 0.3) is 0 Å². The highest BCUT2D eigenvalue weighted by atomic mass is 19.3. The van der Waals surface area contributed by atoms with Crippen LogP contribution in [-0.4, -0.2) is 44.5 Å². The van der Waals surface area contributed by atoms with Gasteiger partial charge in [0.2, 0.25) is 0 Å². The topological polar surface area (TPSA) is 75.1 Å². The molecule has 6 nitrogen and oxygen atoms in total. The van der Waals surface area contributed by atoms with Gasteiger partial charge in [-0.25, -0.2) is 4.99 Å². The summed E-state index contributed by atoms with van der Waals surface area (Å²) >= 11 is 0. The van der Waals surface area contributed by atoms with Crippen molar-refractivity contribution in [2.45, 2.75) is 40.3 Å². The van der Waals surface area contributed by atoms with Gasteiger partial charge in [0, 0.05) is 24.1 Å². The number of rotatable bonds is 10. The number of ether oxygens (including phenoxy) is 2. The minimum Gasteiger partial charge on any atom is -0.497 e. The van der Waals surface area contributed by atoms with Crippen molar-refractivity contribution < 1.29 is 23.4 Å². The molecule has 0 aliphatic heterocycles. The molecule has 1 rings (SSSR count). The lowest BCUT2D eigenvalue weighted by Gasteiger charge is -2.26. The summed E-state index contributed by atoms with van der Waals surface area (Å²) in [5.41, 5.74) is 0.220. The second kappa shape index (κ2) is 10.8. The maximum Gasteiger partial charge on any atom is 0.387 e. The zero-order chi connectivity index (χ0) is 19.6. The van der Waals surface area contributed by atoms with Crippen molar-refractivity contribution in [3.63, 3.8) is 0 Å². The van der Waals surface area contributed by atoms with Crippen molar-refractivity contribution in [2.75, 3.05) is 26.8 Å². The van der Waals surface area contributed by atoms with Gasteiger partial charge in [0.25, 0.3) is 0 Å². The predicted molar refractivity (Wildman–Crippen MR) is 97.9 cm³/mol. The fraction of sp³-hybridized carbons (Fsp3) is 0.611. The van der Waals surface area contributed by atoms with Crippen LogP contribution in [0.5, 0.6) is 11.5 Å². The maximum absolute atomic E-state index is 12.6. The minimum absolute atomic E-state index is 0.0537. The fourth-order valence-electron chi connectivity index (χ4n) is 2.11. The average Bonchev–Trinajstić information content (AvgIpc) is 2.64. The van der Waals surface area contributed by atoms with Crippen LogP contribution in [0, 0.1) is 5.41 Å².